The second-order valence-electron chi connectivity index (χ2n) is 5.92. The van der Waals surface area contributed by atoms with Crippen molar-refractivity contribution in [2.45, 2.75) is 53.6 Å². The smallest absolute Gasteiger partial charge is 0.222 e. The number of carbonyl (C=O) groups excluding carboxylic acids is 1. The fourth-order valence-corrected chi connectivity index (χ4v) is 1.23. The van der Waals surface area contributed by atoms with Gasteiger partial charge in [-0.2, -0.15) is 0 Å². The third-order valence-electron chi connectivity index (χ3n) is 3.27. The lowest BCUT2D eigenvalue weighted by Crippen LogP contribution is -2.32. The van der Waals surface area contributed by atoms with E-state index in [2.05, 4.69) is 27.7 Å². The first kappa shape index (κ1) is 15.4. The van der Waals surface area contributed by atoms with Gasteiger partial charge in [0.05, 0.1) is 6.10 Å². The zero-order chi connectivity index (χ0) is 12.9. The Labute approximate surface area is 99.8 Å². The van der Waals surface area contributed by atoms with Crippen molar-refractivity contribution in [3.8, 4) is 0 Å². The van der Waals surface area contributed by atoms with Crippen LogP contribution in [-0.4, -0.2) is 35.6 Å². The lowest BCUT2D eigenvalue weighted by atomic mass is 9.80. The van der Waals surface area contributed by atoms with E-state index in [9.17, 15) is 4.79 Å². The summed E-state index contributed by atoms with van der Waals surface area (Å²) in [6.07, 6.45) is 0.890. The Morgan fingerprint density at radius 2 is 1.81 bits per heavy atom. The van der Waals surface area contributed by atoms with Crippen molar-refractivity contribution in [3.05, 3.63) is 0 Å². The number of hydrogen-bond donors (Lipinski definition) is 1. The molecule has 0 aromatic rings. The second kappa shape index (κ2) is 6.24. The first-order valence-corrected chi connectivity index (χ1v) is 6.06. The van der Waals surface area contributed by atoms with E-state index < -0.39 is 0 Å². The topological polar surface area (TPSA) is 40.5 Å². The summed E-state index contributed by atoms with van der Waals surface area (Å²) in [6, 6.07) is 0. The van der Waals surface area contributed by atoms with Crippen molar-refractivity contribution in [3.63, 3.8) is 0 Å². The van der Waals surface area contributed by atoms with Crippen LogP contribution in [0.4, 0.5) is 0 Å². The van der Waals surface area contributed by atoms with Gasteiger partial charge in [-0.3, -0.25) is 4.79 Å². The van der Waals surface area contributed by atoms with Crippen LogP contribution in [0.25, 0.3) is 0 Å². The normalized spacial score (nSPS) is 15.7. The molecule has 0 aromatic carbocycles. The number of rotatable bonds is 5. The molecule has 3 nitrogen and oxygen atoms in total. The molecule has 1 N–H and O–H groups in total. The summed E-state index contributed by atoms with van der Waals surface area (Å²) >= 11 is 0. The third kappa shape index (κ3) is 6.11. The average Bonchev–Trinajstić information content (AvgIpc) is 2.12. The van der Waals surface area contributed by atoms with Crippen molar-refractivity contribution >= 4 is 5.91 Å². The summed E-state index contributed by atoms with van der Waals surface area (Å²) in [5.74, 6) is 0.539. The maximum absolute atomic E-state index is 11.9. The van der Waals surface area contributed by atoms with Crippen LogP contribution in [0.3, 0.4) is 0 Å². The van der Waals surface area contributed by atoms with Crippen LogP contribution in [0.15, 0.2) is 0 Å². The second-order valence-corrected chi connectivity index (χ2v) is 5.92. The summed E-state index contributed by atoms with van der Waals surface area (Å²) in [5.41, 5.74) is 0.167. The molecule has 3 heteroatoms. The van der Waals surface area contributed by atoms with E-state index in [1.807, 2.05) is 0 Å². The maximum atomic E-state index is 11.9. The third-order valence-corrected chi connectivity index (χ3v) is 3.27. The van der Waals surface area contributed by atoms with Gasteiger partial charge >= 0.3 is 0 Å². The molecule has 0 heterocycles. The lowest BCUT2D eigenvalue weighted by Gasteiger charge is -2.28. The molecule has 0 saturated heterocycles. The van der Waals surface area contributed by atoms with Crippen LogP contribution in [0.5, 0.6) is 0 Å². The van der Waals surface area contributed by atoms with Crippen LogP contribution in [0.1, 0.15) is 47.5 Å². The van der Waals surface area contributed by atoms with Gasteiger partial charge in [-0.05, 0) is 24.7 Å². The SMILES string of the molecule is CC(O)CCN(C)C(=O)CC(C)C(C)(C)C. The highest BCUT2D eigenvalue weighted by Gasteiger charge is 2.23. The van der Waals surface area contributed by atoms with E-state index in [-0.39, 0.29) is 17.4 Å². The molecule has 0 saturated carbocycles. The molecule has 16 heavy (non-hydrogen) atoms. The summed E-state index contributed by atoms with van der Waals surface area (Å²) in [7, 11) is 1.81. The van der Waals surface area contributed by atoms with E-state index in [1.165, 1.54) is 0 Å². The van der Waals surface area contributed by atoms with Crippen LogP contribution >= 0.6 is 0 Å². The van der Waals surface area contributed by atoms with Gasteiger partial charge in [0.25, 0.3) is 0 Å². The molecule has 0 radical (unpaired) electrons. The first-order valence-electron chi connectivity index (χ1n) is 6.06. The summed E-state index contributed by atoms with van der Waals surface area (Å²) in [4.78, 5) is 13.6. The Bertz CT molecular complexity index is 218. The van der Waals surface area contributed by atoms with Gasteiger partial charge in [0, 0.05) is 20.0 Å². The predicted molar refractivity (Wildman–Crippen MR) is 67.2 cm³/mol. The number of nitrogens with zero attached hydrogens (tertiary/aromatic N) is 1. The van der Waals surface area contributed by atoms with Crippen molar-refractivity contribution in [2.75, 3.05) is 13.6 Å². The molecule has 2 atom stereocenters. The molecule has 0 spiro atoms. The molecular formula is C13H27NO2. The van der Waals surface area contributed by atoms with Crippen molar-refractivity contribution in [2.24, 2.45) is 11.3 Å². The van der Waals surface area contributed by atoms with E-state index >= 15 is 0 Å². The quantitative estimate of drug-likeness (QED) is 0.785. The average molecular weight is 229 g/mol. The molecule has 0 aliphatic rings. The zero-order valence-corrected chi connectivity index (χ0v) is 11.6. The van der Waals surface area contributed by atoms with Crippen LogP contribution in [-0.2, 0) is 4.79 Å². The number of aliphatic hydroxyl groups is 1. The Morgan fingerprint density at radius 3 is 2.19 bits per heavy atom. The molecule has 0 aromatic heterocycles. The first-order chi connectivity index (χ1) is 7.14. The monoisotopic (exact) mass is 229 g/mol. The Balaban J connectivity index is 4.06. The van der Waals surface area contributed by atoms with Crippen LogP contribution < -0.4 is 0 Å². The summed E-state index contributed by atoms with van der Waals surface area (Å²) < 4.78 is 0. The summed E-state index contributed by atoms with van der Waals surface area (Å²) in [5, 5.41) is 9.16. The van der Waals surface area contributed by atoms with Gasteiger partial charge in [-0.15, -0.1) is 0 Å². The minimum Gasteiger partial charge on any atom is -0.393 e. The number of hydrogen-bond acceptors (Lipinski definition) is 2. The minimum absolute atomic E-state index is 0.167. The highest BCUT2D eigenvalue weighted by Crippen LogP contribution is 2.28. The molecule has 0 fully saturated rings. The number of aliphatic hydroxyl groups excluding tert-OH is 1. The maximum Gasteiger partial charge on any atom is 0.222 e. The lowest BCUT2D eigenvalue weighted by molar-refractivity contribution is -0.131. The van der Waals surface area contributed by atoms with E-state index in [1.54, 1.807) is 18.9 Å². The standard InChI is InChI=1S/C13H27NO2/c1-10(13(3,4)5)9-12(16)14(6)8-7-11(2)15/h10-11,15H,7-9H2,1-6H3. The van der Waals surface area contributed by atoms with Crippen molar-refractivity contribution < 1.29 is 9.90 Å². The fraction of sp³-hybridized carbons (Fsp3) is 0.923. The molecular weight excluding hydrogens is 202 g/mol. The largest absolute Gasteiger partial charge is 0.393 e. The zero-order valence-electron chi connectivity index (χ0n) is 11.6. The van der Waals surface area contributed by atoms with Gasteiger partial charge in [-0.1, -0.05) is 27.7 Å². The van der Waals surface area contributed by atoms with E-state index in [4.69, 9.17) is 5.11 Å². The van der Waals surface area contributed by atoms with E-state index in [0.717, 1.165) is 0 Å². The predicted octanol–water partition coefficient (Wildman–Crippen LogP) is 2.29. The number of amides is 1. The van der Waals surface area contributed by atoms with Gasteiger partial charge in [0.15, 0.2) is 0 Å². The van der Waals surface area contributed by atoms with Crippen LogP contribution in [0.2, 0.25) is 0 Å². The molecule has 96 valence electrons. The molecule has 0 rings (SSSR count). The van der Waals surface area contributed by atoms with Gasteiger partial charge in [-0.25, -0.2) is 0 Å². The molecule has 0 aliphatic heterocycles. The minimum atomic E-state index is -0.338. The van der Waals surface area contributed by atoms with Gasteiger partial charge in [0.2, 0.25) is 5.91 Å². The number of carbonyl (C=O) groups is 1. The highest BCUT2D eigenvalue weighted by molar-refractivity contribution is 5.76. The summed E-state index contributed by atoms with van der Waals surface area (Å²) in [6.45, 7) is 11.0. The Hall–Kier alpha value is -0.570. The molecule has 0 bridgehead atoms. The Kier molecular flexibility index (Phi) is 6.01. The molecule has 2 unspecified atom stereocenters. The molecule has 0 aliphatic carbocycles. The van der Waals surface area contributed by atoms with Crippen molar-refractivity contribution in [1.29, 1.82) is 0 Å². The van der Waals surface area contributed by atoms with Crippen LogP contribution in [0, 0.1) is 11.3 Å². The van der Waals surface area contributed by atoms with Gasteiger partial charge < -0.3 is 10.0 Å². The highest BCUT2D eigenvalue weighted by atomic mass is 16.3. The fourth-order valence-electron chi connectivity index (χ4n) is 1.23. The Morgan fingerprint density at radius 1 is 1.31 bits per heavy atom. The molecule has 1 amide bonds. The van der Waals surface area contributed by atoms with E-state index in [0.29, 0.717) is 25.3 Å². The van der Waals surface area contributed by atoms with Gasteiger partial charge in [0.1, 0.15) is 0 Å². The van der Waals surface area contributed by atoms with Crippen molar-refractivity contribution in [1.82, 2.24) is 4.90 Å².